The van der Waals surface area contributed by atoms with E-state index in [1.54, 1.807) is 0 Å². The highest BCUT2D eigenvalue weighted by Crippen LogP contribution is 2.23. The van der Waals surface area contributed by atoms with Crippen molar-refractivity contribution < 1.29 is 0 Å². The van der Waals surface area contributed by atoms with Gasteiger partial charge in [0.15, 0.2) is 0 Å². The van der Waals surface area contributed by atoms with E-state index in [1.165, 1.54) is 0 Å². The summed E-state index contributed by atoms with van der Waals surface area (Å²) in [7, 11) is 0. The van der Waals surface area contributed by atoms with E-state index in [4.69, 9.17) is 0 Å². The van der Waals surface area contributed by atoms with Crippen molar-refractivity contribution in [1.82, 2.24) is 0 Å². The molecule has 1 aliphatic rings. The molecule has 0 bridgehead atoms. The normalized spacial score (nSPS) is 12.5. The summed E-state index contributed by atoms with van der Waals surface area (Å²) >= 11 is 0. The Bertz CT molecular complexity index is 479. The fourth-order valence-corrected chi connectivity index (χ4v) is 1.71. The summed E-state index contributed by atoms with van der Waals surface area (Å²) in [6.07, 6.45) is 3.73. The molecule has 2 aromatic carbocycles. The molecule has 2 aromatic rings. The molecule has 0 aromatic heterocycles. The third-order valence-corrected chi connectivity index (χ3v) is 2.56. The highest BCUT2D eigenvalue weighted by Gasteiger charge is 2.02. The number of para-hydroxylation sites is 2. The Hall–Kier alpha value is -2.22. The molecule has 0 saturated heterocycles. The maximum absolute atomic E-state index is 4.47. The average Bonchev–Trinajstić information content (AvgIpc) is 2.32. The van der Waals surface area contributed by atoms with Crippen molar-refractivity contribution in [2.24, 2.45) is 9.98 Å². The van der Waals surface area contributed by atoms with Gasteiger partial charge >= 0.3 is 0 Å². The largest absolute Gasteiger partial charge is 0.256 e. The van der Waals surface area contributed by atoms with Gasteiger partial charge in [-0.15, -0.1) is 0 Å². The fraction of sp³-hybridized carbons (Fsp3) is 0. The lowest BCUT2D eigenvalue weighted by molar-refractivity contribution is 1.45. The summed E-state index contributed by atoms with van der Waals surface area (Å²) in [5.41, 5.74) is 4.02. The third kappa shape index (κ3) is 1.54. The summed E-state index contributed by atoms with van der Waals surface area (Å²) in [6, 6.07) is 16.0. The van der Waals surface area contributed by atoms with Crippen LogP contribution in [0.4, 0.5) is 11.4 Å². The lowest BCUT2D eigenvalue weighted by Crippen LogP contribution is -1.89. The van der Waals surface area contributed by atoms with Crippen LogP contribution in [-0.4, -0.2) is 12.4 Å². The van der Waals surface area contributed by atoms with Gasteiger partial charge in [-0.25, -0.2) is 0 Å². The van der Waals surface area contributed by atoms with Crippen molar-refractivity contribution in [3.05, 3.63) is 59.7 Å². The molecule has 0 atom stereocenters. The van der Waals surface area contributed by atoms with Crippen LogP contribution in [0.3, 0.4) is 0 Å². The Labute approximate surface area is 94.0 Å². The van der Waals surface area contributed by atoms with Gasteiger partial charge in [-0.2, -0.15) is 0 Å². The van der Waals surface area contributed by atoms with E-state index >= 15 is 0 Å². The summed E-state index contributed by atoms with van der Waals surface area (Å²) in [5, 5.41) is 0. The van der Waals surface area contributed by atoms with Crippen LogP contribution < -0.4 is 0 Å². The maximum atomic E-state index is 4.47. The Morgan fingerprint density at radius 3 is 1.50 bits per heavy atom. The molecule has 2 heteroatoms. The van der Waals surface area contributed by atoms with E-state index < -0.39 is 0 Å². The third-order valence-electron chi connectivity index (χ3n) is 2.56. The Morgan fingerprint density at radius 1 is 0.562 bits per heavy atom. The predicted octanol–water partition coefficient (Wildman–Crippen LogP) is 3.50. The van der Waals surface area contributed by atoms with Crippen molar-refractivity contribution in [3.8, 4) is 0 Å². The molecule has 1 heterocycles. The highest BCUT2D eigenvalue weighted by atomic mass is 14.8. The minimum absolute atomic E-state index is 0.959. The molecular formula is C14H10N2. The summed E-state index contributed by atoms with van der Waals surface area (Å²) in [4.78, 5) is 8.94. The monoisotopic (exact) mass is 206 g/mol. The van der Waals surface area contributed by atoms with E-state index in [0.717, 1.165) is 22.5 Å². The maximum Gasteiger partial charge on any atom is 0.0717 e. The van der Waals surface area contributed by atoms with Crippen LogP contribution in [0.15, 0.2) is 58.5 Å². The van der Waals surface area contributed by atoms with Gasteiger partial charge in [-0.05, 0) is 12.1 Å². The Balaban J connectivity index is 2.18. The van der Waals surface area contributed by atoms with Gasteiger partial charge in [0.1, 0.15) is 0 Å². The molecule has 3 rings (SSSR count). The lowest BCUT2D eigenvalue weighted by atomic mass is 10.1. The number of benzene rings is 2. The molecule has 2 nitrogen and oxygen atoms in total. The van der Waals surface area contributed by atoms with Gasteiger partial charge in [0.25, 0.3) is 0 Å². The minimum atomic E-state index is 0.959. The Morgan fingerprint density at radius 2 is 1.00 bits per heavy atom. The number of hydrogen-bond donors (Lipinski definition) is 0. The second-order valence-electron chi connectivity index (χ2n) is 3.63. The molecule has 0 radical (unpaired) electrons. The summed E-state index contributed by atoms with van der Waals surface area (Å²) < 4.78 is 0. The number of nitrogens with zero attached hydrogens (tertiary/aromatic N) is 2. The molecule has 0 fully saturated rings. The van der Waals surface area contributed by atoms with Crippen LogP contribution in [0.25, 0.3) is 0 Å². The van der Waals surface area contributed by atoms with Gasteiger partial charge in [-0.3, -0.25) is 9.98 Å². The predicted molar refractivity (Wildman–Crippen MR) is 67.4 cm³/mol. The van der Waals surface area contributed by atoms with Crippen LogP contribution in [0.5, 0.6) is 0 Å². The van der Waals surface area contributed by atoms with Crippen LogP contribution >= 0.6 is 0 Å². The van der Waals surface area contributed by atoms with Crippen molar-refractivity contribution in [2.75, 3.05) is 0 Å². The number of aliphatic imine (C=N–C) groups is 2. The first-order chi connectivity index (χ1) is 7.93. The molecule has 16 heavy (non-hydrogen) atoms. The van der Waals surface area contributed by atoms with Crippen molar-refractivity contribution in [3.63, 3.8) is 0 Å². The fourth-order valence-electron chi connectivity index (χ4n) is 1.71. The average molecular weight is 206 g/mol. The number of fused-ring (bicyclic) bond motifs is 2. The van der Waals surface area contributed by atoms with E-state index in [0.29, 0.717) is 0 Å². The van der Waals surface area contributed by atoms with Gasteiger partial charge in [-0.1, -0.05) is 36.4 Å². The van der Waals surface area contributed by atoms with Gasteiger partial charge in [0.2, 0.25) is 0 Å². The standard InChI is InChI=1S/C14H10N2/c1-3-7-13-11(5-1)9-15-14-8-4-2-6-12(14)10-16-13/h1-10H. The van der Waals surface area contributed by atoms with E-state index in [-0.39, 0.29) is 0 Å². The first-order valence-electron chi connectivity index (χ1n) is 5.20. The van der Waals surface area contributed by atoms with E-state index in [1.807, 2.05) is 61.0 Å². The number of hydrogen-bond acceptors (Lipinski definition) is 2. The second kappa shape index (κ2) is 3.74. The zero-order chi connectivity index (χ0) is 10.8. The zero-order valence-corrected chi connectivity index (χ0v) is 8.67. The van der Waals surface area contributed by atoms with Gasteiger partial charge < -0.3 is 0 Å². The van der Waals surface area contributed by atoms with Gasteiger partial charge in [0.05, 0.1) is 11.4 Å². The second-order valence-corrected chi connectivity index (χ2v) is 3.63. The minimum Gasteiger partial charge on any atom is -0.256 e. The quantitative estimate of drug-likeness (QED) is 0.538. The molecule has 0 N–H and O–H groups in total. The molecule has 0 spiro atoms. The van der Waals surface area contributed by atoms with Crippen LogP contribution in [-0.2, 0) is 0 Å². The zero-order valence-electron chi connectivity index (χ0n) is 8.67. The number of rotatable bonds is 0. The molecule has 0 amide bonds. The van der Waals surface area contributed by atoms with Crippen molar-refractivity contribution in [1.29, 1.82) is 0 Å². The molecule has 0 aliphatic carbocycles. The first kappa shape index (κ1) is 9.04. The van der Waals surface area contributed by atoms with E-state index in [2.05, 4.69) is 9.98 Å². The molecule has 0 saturated carbocycles. The van der Waals surface area contributed by atoms with Crippen molar-refractivity contribution in [2.45, 2.75) is 0 Å². The van der Waals surface area contributed by atoms with Crippen LogP contribution in [0, 0.1) is 0 Å². The SMILES string of the molecule is C1=Nc2ccccc2C=Nc2ccccc21. The molecule has 0 unspecified atom stereocenters. The molecule has 76 valence electrons. The van der Waals surface area contributed by atoms with Crippen molar-refractivity contribution >= 4 is 23.8 Å². The van der Waals surface area contributed by atoms with Crippen LogP contribution in [0.2, 0.25) is 0 Å². The Kier molecular flexibility index (Phi) is 2.11. The summed E-state index contributed by atoms with van der Waals surface area (Å²) in [6.45, 7) is 0. The highest BCUT2D eigenvalue weighted by molar-refractivity contribution is 5.96. The summed E-state index contributed by atoms with van der Waals surface area (Å²) in [5.74, 6) is 0. The van der Waals surface area contributed by atoms with Crippen LogP contribution in [0.1, 0.15) is 11.1 Å². The lowest BCUT2D eigenvalue weighted by Gasteiger charge is -2.05. The molecular weight excluding hydrogens is 196 g/mol. The first-order valence-corrected chi connectivity index (χ1v) is 5.20. The smallest absolute Gasteiger partial charge is 0.0717 e. The molecule has 1 aliphatic heterocycles. The topological polar surface area (TPSA) is 24.7 Å². The van der Waals surface area contributed by atoms with Gasteiger partial charge in [0, 0.05) is 23.6 Å². The van der Waals surface area contributed by atoms with E-state index in [9.17, 15) is 0 Å².